The van der Waals surface area contributed by atoms with Gasteiger partial charge in [0, 0.05) is 11.1 Å². The first kappa shape index (κ1) is 19.2. The molecule has 2 aromatic rings. The molecule has 8 nitrogen and oxygen atoms in total. The van der Waals surface area contributed by atoms with Crippen molar-refractivity contribution in [1.29, 1.82) is 0 Å². The number of hydrogen-bond acceptors (Lipinski definition) is 6. The van der Waals surface area contributed by atoms with Gasteiger partial charge >= 0.3 is 0 Å². The maximum absolute atomic E-state index is 12.1. The van der Waals surface area contributed by atoms with Crippen molar-refractivity contribution in [3.05, 3.63) is 53.6 Å². The number of benzene rings is 2. The van der Waals surface area contributed by atoms with E-state index in [1.807, 2.05) is 38.1 Å². The van der Waals surface area contributed by atoms with E-state index in [0.717, 1.165) is 5.56 Å². The summed E-state index contributed by atoms with van der Waals surface area (Å²) in [6.45, 7) is 3.78. The number of hydrazone groups is 1. The molecule has 0 bridgehead atoms. The number of para-hydroxylation sites is 1. The van der Waals surface area contributed by atoms with Gasteiger partial charge in [-0.05, 0) is 44.2 Å². The second-order valence-corrected chi connectivity index (χ2v) is 6.25. The molecule has 28 heavy (non-hydrogen) atoms. The number of fused-ring (bicyclic) bond motifs is 1. The van der Waals surface area contributed by atoms with E-state index in [1.54, 1.807) is 18.2 Å². The molecule has 0 atom stereocenters. The molecule has 0 radical (unpaired) electrons. The second kappa shape index (κ2) is 8.90. The molecule has 146 valence electrons. The first-order valence-electron chi connectivity index (χ1n) is 8.78. The highest BCUT2D eigenvalue weighted by Gasteiger charge is 2.16. The van der Waals surface area contributed by atoms with Crippen molar-refractivity contribution >= 4 is 18.0 Å². The van der Waals surface area contributed by atoms with Crippen LogP contribution in [0.5, 0.6) is 17.2 Å². The van der Waals surface area contributed by atoms with Crippen LogP contribution in [0.2, 0.25) is 0 Å². The Morgan fingerprint density at radius 1 is 1.18 bits per heavy atom. The number of nitrogens with one attached hydrogen (secondary N) is 2. The third-order valence-electron chi connectivity index (χ3n) is 3.72. The van der Waals surface area contributed by atoms with Gasteiger partial charge in [-0.25, -0.2) is 5.43 Å². The smallest absolute Gasteiger partial charge is 0.259 e. The van der Waals surface area contributed by atoms with Crippen LogP contribution in [0.3, 0.4) is 0 Å². The lowest BCUT2D eigenvalue weighted by Crippen LogP contribution is -2.34. The van der Waals surface area contributed by atoms with Gasteiger partial charge in [0.2, 0.25) is 6.79 Å². The fourth-order valence-corrected chi connectivity index (χ4v) is 2.46. The largest absolute Gasteiger partial charge is 0.490 e. The van der Waals surface area contributed by atoms with Gasteiger partial charge in [-0.3, -0.25) is 9.59 Å². The summed E-state index contributed by atoms with van der Waals surface area (Å²) in [5, 5.41) is 6.45. The van der Waals surface area contributed by atoms with Crippen molar-refractivity contribution in [1.82, 2.24) is 10.7 Å². The lowest BCUT2D eigenvalue weighted by Gasteiger charge is -2.11. The van der Waals surface area contributed by atoms with Crippen LogP contribution in [0.4, 0.5) is 0 Å². The molecule has 0 aliphatic carbocycles. The van der Waals surface area contributed by atoms with E-state index in [4.69, 9.17) is 14.2 Å². The van der Waals surface area contributed by atoms with Crippen LogP contribution in [-0.2, 0) is 4.79 Å². The average Bonchev–Trinajstić information content (AvgIpc) is 3.15. The van der Waals surface area contributed by atoms with E-state index in [2.05, 4.69) is 15.8 Å². The molecule has 0 aromatic heterocycles. The minimum Gasteiger partial charge on any atom is -0.490 e. The number of hydrogen-bond donors (Lipinski definition) is 2. The molecular formula is C20H21N3O5. The molecule has 2 amide bonds. The van der Waals surface area contributed by atoms with E-state index in [-0.39, 0.29) is 19.4 Å². The molecule has 0 spiro atoms. The zero-order valence-electron chi connectivity index (χ0n) is 15.6. The summed E-state index contributed by atoms with van der Waals surface area (Å²) >= 11 is 0. The maximum atomic E-state index is 12.1. The van der Waals surface area contributed by atoms with Crippen molar-refractivity contribution < 1.29 is 23.8 Å². The summed E-state index contributed by atoms with van der Waals surface area (Å²) in [4.78, 5) is 24.1. The quantitative estimate of drug-likeness (QED) is 0.563. The Balaban J connectivity index is 1.50. The lowest BCUT2D eigenvalue weighted by molar-refractivity contribution is -0.120. The highest BCUT2D eigenvalue weighted by Crippen LogP contribution is 2.32. The number of amides is 2. The predicted octanol–water partition coefficient (Wildman–Crippen LogP) is 2.08. The number of carbonyl (C=O) groups is 2. The maximum Gasteiger partial charge on any atom is 0.259 e. The van der Waals surface area contributed by atoms with E-state index in [9.17, 15) is 9.59 Å². The minimum absolute atomic E-state index is 0.0236. The summed E-state index contributed by atoms with van der Waals surface area (Å²) in [6, 6.07) is 12.2. The third-order valence-corrected chi connectivity index (χ3v) is 3.72. The molecule has 0 saturated carbocycles. The number of carbonyl (C=O) groups excluding carboxylic acids is 2. The summed E-state index contributed by atoms with van der Waals surface area (Å²) in [5.74, 6) is 0.918. The normalized spacial score (nSPS) is 12.2. The molecular weight excluding hydrogens is 362 g/mol. The number of ether oxygens (including phenoxy) is 3. The fourth-order valence-electron chi connectivity index (χ4n) is 2.46. The number of nitrogens with zero attached hydrogens (tertiary/aromatic N) is 1. The van der Waals surface area contributed by atoms with Gasteiger partial charge in [0.05, 0.1) is 18.9 Å². The van der Waals surface area contributed by atoms with Gasteiger partial charge in [-0.1, -0.05) is 12.1 Å². The Morgan fingerprint density at radius 2 is 1.96 bits per heavy atom. The third kappa shape index (κ3) is 5.00. The molecule has 8 heteroatoms. The molecule has 0 unspecified atom stereocenters. The van der Waals surface area contributed by atoms with Gasteiger partial charge in [-0.2, -0.15) is 5.10 Å². The topological polar surface area (TPSA) is 98.2 Å². The van der Waals surface area contributed by atoms with Gasteiger partial charge in [0.25, 0.3) is 11.8 Å². The van der Waals surface area contributed by atoms with Crippen molar-refractivity contribution in [2.75, 3.05) is 13.3 Å². The van der Waals surface area contributed by atoms with Crippen LogP contribution in [0.15, 0.2) is 47.6 Å². The van der Waals surface area contributed by atoms with Gasteiger partial charge in [0.15, 0.2) is 11.5 Å². The summed E-state index contributed by atoms with van der Waals surface area (Å²) in [7, 11) is 0. The Bertz CT molecular complexity index is 895. The van der Waals surface area contributed by atoms with Crippen LogP contribution in [0.25, 0.3) is 0 Å². The molecule has 3 rings (SSSR count). The molecule has 2 N–H and O–H groups in total. The number of rotatable bonds is 7. The Morgan fingerprint density at radius 3 is 2.79 bits per heavy atom. The van der Waals surface area contributed by atoms with Crippen LogP contribution in [0, 0.1) is 0 Å². The van der Waals surface area contributed by atoms with Crippen LogP contribution in [0.1, 0.15) is 29.8 Å². The molecule has 1 aliphatic heterocycles. The molecule has 1 heterocycles. The highest BCUT2D eigenvalue weighted by molar-refractivity contribution is 5.97. The van der Waals surface area contributed by atoms with E-state index < -0.39 is 11.8 Å². The van der Waals surface area contributed by atoms with Gasteiger partial charge < -0.3 is 19.5 Å². The zero-order valence-corrected chi connectivity index (χ0v) is 15.6. The predicted molar refractivity (Wildman–Crippen MR) is 103 cm³/mol. The van der Waals surface area contributed by atoms with Crippen LogP contribution < -0.4 is 25.0 Å². The summed E-state index contributed by atoms with van der Waals surface area (Å²) in [6.07, 6.45) is 1.52. The summed E-state index contributed by atoms with van der Waals surface area (Å²) in [5.41, 5.74) is 3.49. The summed E-state index contributed by atoms with van der Waals surface area (Å²) < 4.78 is 16.1. The van der Waals surface area contributed by atoms with Crippen LogP contribution in [-0.4, -0.2) is 37.5 Å². The molecule has 1 aliphatic rings. The van der Waals surface area contributed by atoms with Crippen molar-refractivity contribution in [2.24, 2.45) is 5.10 Å². The van der Waals surface area contributed by atoms with Crippen molar-refractivity contribution in [2.45, 2.75) is 20.0 Å². The Kier molecular flexibility index (Phi) is 6.11. The van der Waals surface area contributed by atoms with E-state index in [1.165, 1.54) is 6.21 Å². The fraction of sp³-hybridized carbons (Fsp3) is 0.250. The van der Waals surface area contributed by atoms with E-state index >= 15 is 0 Å². The van der Waals surface area contributed by atoms with Crippen molar-refractivity contribution in [3.63, 3.8) is 0 Å². The minimum atomic E-state index is -0.451. The van der Waals surface area contributed by atoms with Gasteiger partial charge in [-0.15, -0.1) is 0 Å². The first-order valence-corrected chi connectivity index (χ1v) is 8.78. The Hall–Kier alpha value is -3.55. The average molecular weight is 383 g/mol. The lowest BCUT2D eigenvalue weighted by atomic mass is 10.2. The standard InChI is InChI=1S/C20H21N3O5/c1-13(2)28-16-6-4-3-5-15(16)10-22-23-19(24)11-21-20(25)14-7-8-17-18(9-14)27-12-26-17/h3-10,13H,11-12H2,1-2H3,(H,21,25)(H,23,24)/b22-10+. The van der Waals surface area contributed by atoms with E-state index in [0.29, 0.717) is 22.8 Å². The SMILES string of the molecule is CC(C)Oc1ccccc1/C=N/NC(=O)CNC(=O)c1ccc2c(c1)OCO2. The highest BCUT2D eigenvalue weighted by atomic mass is 16.7. The zero-order chi connectivity index (χ0) is 19.9. The molecule has 2 aromatic carbocycles. The van der Waals surface area contributed by atoms with Gasteiger partial charge in [0.1, 0.15) is 5.75 Å². The monoisotopic (exact) mass is 383 g/mol. The second-order valence-electron chi connectivity index (χ2n) is 6.25. The van der Waals surface area contributed by atoms with Crippen LogP contribution >= 0.6 is 0 Å². The molecule has 0 saturated heterocycles. The molecule has 0 fully saturated rings. The first-order chi connectivity index (χ1) is 13.5. The Labute approximate surface area is 162 Å². The van der Waals surface area contributed by atoms with Crippen molar-refractivity contribution in [3.8, 4) is 17.2 Å².